The van der Waals surface area contributed by atoms with Gasteiger partial charge in [-0.3, -0.25) is 24.1 Å². The molecular formula is C28H20BBrFNO7. The van der Waals surface area contributed by atoms with Crippen molar-refractivity contribution in [3.05, 3.63) is 87.2 Å². The summed E-state index contributed by atoms with van der Waals surface area (Å²) in [5, 5.41) is 29.8. The van der Waals surface area contributed by atoms with Crippen LogP contribution in [0.3, 0.4) is 0 Å². The van der Waals surface area contributed by atoms with Crippen molar-refractivity contribution in [1.29, 1.82) is 0 Å². The smallest absolute Gasteiger partial charge is 0.488 e. The molecule has 1 heterocycles. The number of imide groups is 1. The van der Waals surface area contributed by atoms with Crippen LogP contribution in [0.5, 0.6) is 5.75 Å². The fourth-order valence-corrected chi connectivity index (χ4v) is 6.85. The molecule has 2 aromatic rings. The summed E-state index contributed by atoms with van der Waals surface area (Å²) in [6, 6.07) is 9.80. The second kappa shape index (κ2) is 9.22. The SMILES string of the molecule is O=C1C=C(Br)C(=O)C2=C1[C@@H](c1cccc(F)c1O)C1=CC[C@@H]3C(=O)N(c4cccc(B(O)O)c4)C(=O)[C@@H]3[C@@H]1C2. The first-order valence-corrected chi connectivity index (χ1v) is 13.1. The lowest BCUT2D eigenvalue weighted by Gasteiger charge is -2.42. The predicted molar refractivity (Wildman–Crippen MR) is 141 cm³/mol. The molecule has 0 unspecified atom stereocenters. The maximum Gasteiger partial charge on any atom is 0.488 e. The average Bonchev–Trinajstić information content (AvgIpc) is 3.17. The van der Waals surface area contributed by atoms with Crippen molar-refractivity contribution >= 4 is 57.6 Å². The molecule has 4 aliphatic rings. The molecule has 1 saturated heterocycles. The lowest BCUT2D eigenvalue weighted by molar-refractivity contribution is -0.123. The Hall–Kier alpha value is -3.67. The molecule has 1 aliphatic heterocycles. The number of carbonyl (C=O) groups excluding carboxylic acids is 4. The third-order valence-electron chi connectivity index (χ3n) is 8.09. The number of fused-ring (bicyclic) bond motifs is 3. The quantitative estimate of drug-likeness (QED) is 0.216. The summed E-state index contributed by atoms with van der Waals surface area (Å²) in [5.74, 6) is -6.67. The maximum atomic E-state index is 14.5. The highest BCUT2D eigenvalue weighted by Crippen LogP contribution is 2.56. The van der Waals surface area contributed by atoms with E-state index in [1.54, 1.807) is 6.08 Å². The third-order valence-corrected chi connectivity index (χ3v) is 8.68. The van der Waals surface area contributed by atoms with E-state index in [0.29, 0.717) is 5.57 Å². The molecule has 0 aromatic heterocycles. The van der Waals surface area contributed by atoms with E-state index in [-0.39, 0.29) is 45.2 Å². The summed E-state index contributed by atoms with van der Waals surface area (Å²) in [6.07, 6.45) is 3.10. The highest BCUT2D eigenvalue weighted by molar-refractivity contribution is 9.12. The molecule has 39 heavy (non-hydrogen) atoms. The van der Waals surface area contributed by atoms with Gasteiger partial charge in [0.15, 0.2) is 23.1 Å². The summed E-state index contributed by atoms with van der Waals surface area (Å²) in [6.45, 7) is 0. The van der Waals surface area contributed by atoms with Crippen LogP contribution in [0.4, 0.5) is 10.1 Å². The number of aromatic hydroxyl groups is 1. The zero-order valence-corrected chi connectivity index (χ0v) is 21.8. The van der Waals surface area contributed by atoms with Gasteiger partial charge in [0.25, 0.3) is 0 Å². The fraction of sp³-hybridized carbons (Fsp3) is 0.214. The van der Waals surface area contributed by atoms with E-state index in [9.17, 15) is 38.7 Å². The van der Waals surface area contributed by atoms with Crippen molar-refractivity contribution in [2.75, 3.05) is 4.90 Å². The number of allylic oxidation sites excluding steroid dienone is 6. The zero-order valence-electron chi connectivity index (χ0n) is 20.2. The Kier molecular flexibility index (Phi) is 6.05. The topological polar surface area (TPSA) is 132 Å². The number of ketones is 2. The van der Waals surface area contributed by atoms with E-state index in [1.807, 2.05) is 0 Å². The number of rotatable bonds is 3. The first-order chi connectivity index (χ1) is 18.6. The molecule has 196 valence electrons. The minimum atomic E-state index is -1.79. The van der Waals surface area contributed by atoms with Crippen LogP contribution in [0, 0.1) is 23.6 Å². The Morgan fingerprint density at radius 2 is 1.74 bits per heavy atom. The Morgan fingerprint density at radius 1 is 1.00 bits per heavy atom. The minimum Gasteiger partial charge on any atom is -0.505 e. The number of nitrogens with zero attached hydrogens (tertiary/aromatic N) is 1. The van der Waals surface area contributed by atoms with Crippen molar-refractivity contribution in [2.45, 2.75) is 18.8 Å². The lowest BCUT2D eigenvalue weighted by Crippen LogP contribution is -2.39. The van der Waals surface area contributed by atoms with Crippen LogP contribution in [-0.2, 0) is 19.2 Å². The number of anilines is 1. The molecule has 0 spiro atoms. The van der Waals surface area contributed by atoms with Gasteiger partial charge >= 0.3 is 7.12 Å². The van der Waals surface area contributed by atoms with Crippen molar-refractivity contribution in [2.24, 2.45) is 17.8 Å². The van der Waals surface area contributed by atoms with E-state index < -0.39 is 65.7 Å². The monoisotopic (exact) mass is 591 g/mol. The summed E-state index contributed by atoms with van der Waals surface area (Å²) >= 11 is 3.15. The Labute approximate surface area is 230 Å². The largest absolute Gasteiger partial charge is 0.505 e. The Balaban J connectivity index is 1.49. The van der Waals surface area contributed by atoms with Crippen molar-refractivity contribution in [3.8, 4) is 5.75 Å². The van der Waals surface area contributed by atoms with Gasteiger partial charge in [-0.15, -0.1) is 0 Å². The highest BCUT2D eigenvalue weighted by atomic mass is 79.9. The van der Waals surface area contributed by atoms with Crippen molar-refractivity contribution in [3.63, 3.8) is 0 Å². The first-order valence-electron chi connectivity index (χ1n) is 12.3. The van der Waals surface area contributed by atoms with Gasteiger partial charge < -0.3 is 15.2 Å². The minimum absolute atomic E-state index is 0.0185. The van der Waals surface area contributed by atoms with Crippen LogP contribution in [0.25, 0.3) is 0 Å². The molecule has 11 heteroatoms. The van der Waals surface area contributed by atoms with E-state index >= 15 is 0 Å². The van der Waals surface area contributed by atoms with Gasteiger partial charge in [0.1, 0.15) is 0 Å². The van der Waals surface area contributed by atoms with Gasteiger partial charge in [-0.1, -0.05) is 35.9 Å². The van der Waals surface area contributed by atoms with Gasteiger partial charge in [-0.05, 0) is 58.4 Å². The molecular weight excluding hydrogens is 572 g/mol. The van der Waals surface area contributed by atoms with E-state index in [1.165, 1.54) is 36.4 Å². The number of hydrogen-bond donors (Lipinski definition) is 3. The molecule has 4 atom stereocenters. The number of Topliss-reactive ketones (excluding diaryl/α,β-unsaturated/α-hetero) is 1. The number of phenols is 1. The van der Waals surface area contributed by atoms with Crippen molar-refractivity contribution in [1.82, 2.24) is 0 Å². The number of halogens is 2. The van der Waals surface area contributed by atoms with Crippen LogP contribution in [-0.4, -0.2) is 45.7 Å². The number of amides is 2. The molecule has 0 bridgehead atoms. The van der Waals surface area contributed by atoms with Crippen LogP contribution in [0.1, 0.15) is 24.3 Å². The number of phenolic OH excluding ortho intramolecular Hbond substituents is 1. The fourth-order valence-electron chi connectivity index (χ4n) is 6.41. The van der Waals surface area contributed by atoms with Gasteiger partial charge in [0.2, 0.25) is 11.8 Å². The average molecular weight is 592 g/mol. The molecule has 2 amide bonds. The molecule has 3 aliphatic carbocycles. The first kappa shape index (κ1) is 25.6. The number of benzene rings is 2. The van der Waals surface area contributed by atoms with Gasteiger partial charge in [-0.2, -0.15) is 0 Å². The third kappa shape index (κ3) is 3.79. The van der Waals surface area contributed by atoms with Gasteiger partial charge in [-0.25, -0.2) is 4.39 Å². The number of para-hydroxylation sites is 1. The standard InChI is InChI=1S/C28H20BBrFNO7/c30-19-11-21(33)24-18(25(19)34)10-17-14(22(24)15-5-2-6-20(31)26(15)35)7-8-16-23(17)28(37)32(27(16)36)13-4-1-3-12(9-13)29(38)39/h1-7,9,11,16-17,22-23,35,38-39H,8,10H2/t16-,17+,22+,23-/m0/s1. The normalized spacial score (nSPS) is 26.2. The van der Waals surface area contributed by atoms with E-state index in [2.05, 4.69) is 15.9 Å². The van der Waals surface area contributed by atoms with E-state index in [4.69, 9.17) is 0 Å². The van der Waals surface area contributed by atoms with Crippen LogP contribution in [0.15, 0.2) is 75.8 Å². The Morgan fingerprint density at radius 3 is 2.49 bits per heavy atom. The van der Waals surface area contributed by atoms with Crippen molar-refractivity contribution < 1.29 is 38.7 Å². The molecule has 3 N–H and O–H groups in total. The maximum absolute atomic E-state index is 14.5. The number of carbonyl (C=O) groups is 4. The van der Waals surface area contributed by atoms with E-state index in [0.717, 1.165) is 17.0 Å². The molecule has 0 radical (unpaired) electrons. The second-order valence-corrected chi connectivity index (χ2v) is 10.9. The zero-order chi connectivity index (χ0) is 27.7. The molecule has 1 fully saturated rings. The van der Waals surface area contributed by atoms with Crippen LogP contribution >= 0.6 is 15.9 Å². The predicted octanol–water partition coefficient (Wildman–Crippen LogP) is 2.18. The Bertz CT molecular complexity index is 1600. The van der Waals surface area contributed by atoms with Crippen LogP contribution < -0.4 is 10.4 Å². The van der Waals surface area contributed by atoms with Gasteiger partial charge in [0, 0.05) is 28.7 Å². The molecule has 2 aromatic carbocycles. The lowest BCUT2D eigenvalue weighted by atomic mass is 9.59. The van der Waals surface area contributed by atoms with Crippen LogP contribution in [0.2, 0.25) is 0 Å². The molecule has 6 rings (SSSR count). The van der Waals surface area contributed by atoms with Gasteiger partial charge in [0.05, 0.1) is 22.0 Å². The summed E-state index contributed by atoms with van der Waals surface area (Å²) in [7, 11) is -1.79. The molecule has 0 saturated carbocycles. The summed E-state index contributed by atoms with van der Waals surface area (Å²) in [5.41, 5.74) is 1.27. The number of hydrogen-bond acceptors (Lipinski definition) is 7. The second-order valence-electron chi connectivity index (χ2n) is 10.1. The summed E-state index contributed by atoms with van der Waals surface area (Å²) < 4.78 is 14.5. The summed E-state index contributed by atoms with van der Waals surface area (Å²) in [4.78, 5) is 54.9. The molecule has 8 nitrogen and oxygen atoms in total. The highest BCUT2D eigenvalue weighted by Gasteiger charge is 2.57.